The van der Waals surface area contributed by atoms with Crippen molar-refractivity contribution in [2.45, 2.75) is 15.7 Å². The summed E-state index contributed by atoms with van der Waals surface area (Å²) in [4.78, 5) is 0. The Morgan fingerprint density at radius 1 is 1.56 bits per heavy atom. The largest absolute Gasteiger partial charge is 0.122 e. The summed E-state index contributed by atoms with van der Waals surface area (Å²) in [5, 5.41) is 0.455. The summed E-state index contributed by atoms with van der Waals surface area (Å²) in [7, 11) is 0. The third kappa shape index (κ3) is 0.773. The Balaban J connectivity index is 2.21. The number of alkyl halides is 2. The summed E-state index contributed by atoms with van der Waals surface area (Å²) in [6.07, 6.45) is 5.75. The highest BCUT2D eigenvalue weighted by atomic mass is 127. The predicted molar refractivity (Wildman–Crippen MR) is 48.2 cm³/mol. The van der Waals surface area contributed by atoms with Crippen LogP contribution in [0.1, 0.15) is 6.42 Å². The lowest BCUT2D eigenvalue weighted by molar-refractivity contribution is 0.262. The Kier molecular flexibility index (Phi) is 1.53. The van der Waals surface area contributed by atoms with Crippen LogP contribution in [0.15, 0.2) is 12.2 Å². The molecule has 2 bridgehead atoms. The van der Waals surface area contributed by atoms with E-state index in [0.29, 0.717) is 11.3 Å². The Hall–Kier alpha value is 0.760. The summed E-state index contributed by atoms with van der Waals surface area (Å²) in [6, 6.07) is 0. The highest BCUT2D eigenvalue weighted by Gasteiger charge is 2.47. The van der Waals surface area contributed by atoms with Crippen molar-refractivity contribution in [3.8, 4) is 0 Å². The first-order valence-corrected chi connectivity index (χ1v) is 4.94. The van der Waals surface area contributed by atoms with Gasteiger partial charge in [-0.2, -0.15) is 0 Å². The monoisotopic (exact) mass is 254 g/mol. The van der Waals surface area contributed by atoms with Crippen LogP contribution in [0.4, 0.5) is 0 Å². The predicted octanol–water partition coefficient (Wildman–Crippen LogP) is 2.60. The van der Waals surface area contributed by atoms with Crippen LogP contribution in [-0.4, -0.2) is 9.30 Å². The third-order valence-corrected chi connectivity index (χ3v) is 4.69. The number of allylic oxidation sites excluding steroid dienone is 2. The minimum Gasteiger partial charge on any atom is -0.122 e. The van der Waals surface area contributed by atoms with Gasteiger partial charge >= 0.3 is 0 Å². The van der Waals surface area contributed by atoms with Crippen LogP contribution >= 0.6 is 34.2 Å². The fourth-order valence-electron chi connectivity index (χ4n) is 1.64. The maximum atomic E-state index is 6.06. The molecular weight excluding hydrogens is 246 g/mol. The lowest BCUT2D eigenvalue weighted by atomic mass is 9.69. The van der Waals surface area contributed by atoms with E-state index in [1.807, 2.05) is 0 Å². The fraction of sp³-hybridized carbons (Fsp3) is 0.714. The molecule has 0 amide bonds. The Labute approximate surface area is 73.8 Å². The summed E-state index contributed by atoms with van der Waals surface area (Å²) >= 11 is 8.57. The van der Waals surface area contributed by atoms with E-state index in [1.165, 1.54) is 6.42 Å². The second-order valence-electron chi connectivity index (χ2n) is 2.79. The van der Waals surface area contributed by atoms with Crippen LogP contribution in [0.2, 0.25) is 0 Å². The third-order valence-electron chi connectivity index (χ3n) is 2.32. The van der Waals surface area contributed by atoms with Crippen LogP contribution in [-0.2, 0) is 0 Å². The van der Waals surface area contributed by atoms with Gasteiger partial charge in [-0.25, -0.2) is 0 Å². The van der Waals surface area contributed by atoms with Gasteiger partial charge in [0.2, 0.25) is 0 Å². The number of hydrogen-bond donors (Lipinski definition) is 0. The van der Waals surface area contributed by atoms with E-state index < -0.39 is 0 Å². The number of hydrogen-bond acceptors (Lipinski definition) is 0. The molecule has 50 valence electrons. The second kappa shape index (κ2) is 2.12. The molecule has 3 rings (SSSR count). The zero-order valence-electron chi connectivity index (χ0n) is 4.93. The molecule has 0 aromatic heterocycles. The zero-order chi connectivity index (χ0) is 6.43. The number of fused-ring (bicyclic) bond motifs is 1. The molecular formula is C7H8ClI. The highest BCUT2D eigenvalue weighted by molar-refractivity contribution is 14.1. The Bertz CT molecular complexity index is 145. The smallest absolute Gasteiger partial charge is 0.0450 e. The minimum atomic E-state index is 0.455. The Morgan fingerprint density at radius 3 is 2.56 bits per heavy atom. The maximum absolute atomic E-state index is 6.06. The number of rotatable bonds is 0. The van der Waals surface area contributed by atoms with Gasteiger partial charge < -0.3 is 0 Å². The van der Waals surface area contributed by atoms with E-state index in [2.05, 4.69) is 34.7 Å². The summed E-state index contributed by atoms with van der Waals surface area (Å²) < 4.78 is 0.829. The molecule has 0 saturated heterocycles. The van der Waals surface area contributed by atoms with E-state index in [0.717, 1.165) is 9.84 Å². The van der Waals surface area contributed by atoms with Gasteiger partial charge in [-0.05, 0) is 12.3 Å². The SMILES string of the molecule is Cl[C@@H]1[C@@H]2CC=C[C@H]1C2I. The molecule has 0 aromatic rings. The first-order valence-electron chi connectivity index (χ1n) is 3.25. The molecule has 0 heterocycles. The molecule has 0 N–H and O–H groups in total. The minimum absolute atomic E-state index is 0.455. The van der Waals surface area contributed by atoms with Crippen molar-refractivity contribution in [3.63, 3.8) is 0 Å². The van der Waals surface area contributed by atoms with Gasteiger partial charge in [-0.15, -0.1) is 11.6 Å². The first-order chi connectivity index (χ1) is 4.30. The molecule has 0 nitrogen and oxygen atoms in total. The highest BCUT2D eigenvalue weighted by Crippen LogP contribution is 2.49. The quantitative estimate of drug-likeness (QED) is 0.354. The van der Waals surface area contributed by atoms with Crippen LogP contribution in [0, 0.1) is 11.8 Å². The van der Waals surface area contributed by atoms with Gasteiger partial charge in [0.05, 0.1) is 0 Å². The molecule has 3 aliphatic carbocycles. The topological polar surface area (TPSA) is 0 Å². The summed E-state index contributed by atoms with van der Waals surface area (Å²) in [5.74, 6) is 1.47. The van der Waals surface area contributed by atoms with Crippen LogP contribution in [0.25, 0.3) is 0 Å². The second-order valence-corrected chi connectivity index (χ2v) is 4.74. The molecule has 0 spiro atoms. The van der Waals surface area contributed by atoms with Crippen LogP contribution in [0.5, 0.6) is 0 Å². The average molecular weight is 254 g/mol. The lowest BCUT2D eigenvalue weighted by Gasteiger charge is -2.47. The number of halogens is 2. The van der Waals surface area contributed by atoms with Gasteiger partial charge in [-0.3, -0.25) is 0 Å². The van der Waals surface area contributed by atoms with E-state index in [4.69, 9.17) is 11.6 Å². The van der Waals surface area contributed by atoms with Crippen molar-refractivity contribution < 1.29 is 0 Å². The van der Waals surface area contributed by atoms with Crippen LogP contribution in [0.3, 0.4) is 0 Å². The van der Waals surface area contributed by atoms with Crippen molar-refractivity contribution in [1.29, 1.82) is 0 Å². The molecule has 4 atom stereocenters. The zero-order valence-corrected chi connectivity index (χ0v) is 7.84. The molecule has 0 aromatic carbocycles. The molecule has 2 heteroatoms. The van der Waals surface area contributed by atoms with Crippen molar-refractivity contribution in [3.05, 3.63) is 12.2 Å². The van der Waals surface area contributed by atoms with Gasteiger partial charge in [0.25, 0.3) is 0 Å². The summed E-state index contributed by atoms with van der Waals surface area (Å²) in [6.45, 7) is 0. The lowest BCUT2D eigenvalue weighted by Crippen LogP contribution is -2.49. The normalized spacial score (nSPS) is 54.9. The van der Waals surface area contributed by atoms with E-state index in [9.17, 15) is 0 Å². The molecule has 1 saturated carbocycles. The first kappa shape index (κ1) is 6.47. The van der Waals surface area contributed by atoms with Crippen molar-refractivity contribution in [1.82, 2.24) is 0 Å². The molecule has 3 aliphatic rings. The van der Waals surface area contributed by atoms with Gasteiger partial charge in [0.1, 0.15) is 0 Å². The molecule has 9 heavy (non-hydrogen) atoms. The van der Waals surface area contributed by atoms with Crippen molar-refractivity contribution >= 4 is 34.2 Å². The van der Waals surface area contributed by atoms with E-state index >= 15 is 0 Å². The standard InChI is InChI=1S/C7H8ClI/c8-6-4-2-1-3-5(6)7(4)9/h1-2,4-7H,3H2/t4-,5+,6+,7?/m1/s1. The molecule has 1 unspecified atom stereocenters. The van der Waals surface area contributed by atoms with Crippen molar-refractivity contribution in [2.75, 3.05) is 0 Å². The van der Waals surface area contributed by atoms with Gasteiger partial charge in [0.15, 0.2) is 0 Å². The van der Waals surface area contributed by atoms with Crippen LogP contribution < -0.4 is 0 Å². The van der Waals surface area contributed by atoms with E-state index in [1.54, 1.807) is 0 Å². The van der Waals surface area contributed by atoms with Gasteiger partial charge in [-0.1, -0.05) is 34.7 Å². The molecule has 0 radical (unpaired) electrons. The average Bonchev–Trinajstić information content (AvgIpc) is 1.91. The fourth-order valence-corrected chi connectivity index (χ4v) is 4.06. The van der Waals surface area contributed by atoms with Gasteiger partial charge in [0, 0.05) is 15.2 Å². The Morgan fingerprint density at radius 2 is 2.33 bits per heavy atom. The summed E-state index contributed by atoms with van der Waals surface area (Å²) in [5.41, 5.74) is 0. The molecule has 0 aliphatic heterocycles. The van der Waals surface area contributed by atoms with E-state index in [-0.39, 0.29) is 0 Å². The maximum Gasteiger partial charge on any atom is 0.0450 e. The molecule has 1 fully saturated rings. The van der Waals surface area contributed by atoms with Crippen molar-refractivity contribution in [2.24, 2.45) is 11.8 Å².